The largest absolute Gasteiger partial charge is 0.496 e. The van der Waals surface area contributed by atoms with Crippen molar-refractivity contribution in [2.45, 2.75) is 19.9 Å². The highest BCUT2D eigenvalue weighted by Crippen LogP contribution is 2.32. The molecule has 2 rings (SSSR count). The van der Waals surface area contributed by atoms with E-state index in [1.54, 1.807) is 7.11 Å². The molecule has 3 heteroatoms. The average molecular weight is 290 g/mol. The summed E-state index contributed by atoms with van der Waals surface area (Å²) in [4.78, 5) is 0. The predicted molar refractivity (Wildman–Crippen MR) is 85.4 cm³/mol. The molecule has 2 aromatic carbocycles. The normalized spacial score (nSPS) is 10.6. The summed E-state index contributed by atoms with van der Waals surface area (Å²) >= 11 is 6.37. The number of methoxy groups -OCH3 is 1. The van der Waals surface area contributed by atoms with Gasteiger partial charge in [-0.1, -0.05) is 48.9 Å². The highest BCUT2D eigenvalue weighted by atomic mass is 35.5. The number of ether oxygens (including phenoxy) is 1. The quantitative estimate of drug-likeness (QED) is 0.790. The Balaban J connectivity index is 2.24. The molecule has 2 nitrogen and oxygen atoms in total. The van der Waals surface area contributed by atoms with E-state index in [0.717, 1.165) is 47.0 Å². The number of hydrogen-bond donors (Lipinski definition) is 1. The van der Waals surface area contributed by atoms with Crippen LogP contribution in [0.5, 0.6) is 5.75 Å². The average Bonchev–Trinajstić information content (AvgIpc) is 2.49. The van der Waals surface area contributed by atoms with Gasteiger partial charge in [0.1, 0.15) is 5.75 Å². The van der Waals surface area contributed by atoms with E-state index in [0.29, 0.717) is 0 Å². The second-order valence-corrected chi connectivity index (χ2v) is 5.09. The molecule has 0 amide bonds. The fraction of sp³-hybridized carbons (Fsp3) is 0.294. The molecular formula is C17H20ClNO. The SMILES string of the molecule is CCCNCc1ccc(-c2ccccc2OC)cc1Cl. The molecule has 0 aromatic heterocycles. The molecule has 106 valence electrons. The third-order valence-electron chi connectivity index (χ3n) is 3.21. The molecule has 0 saturated heterocycles. The van der Waals surface area contributed by atoms with Gasteiger partial charge in [0.15, 0.2) is 0 Å². The maximum absolute atomic E-state index is 6.37. The van der Waals surface area contributed by atoms with Gasteiger partial charge in [0.2, 0.25) is 0 Å². The van der Waals surface area contributed by atoms with Gasteiger partial charge in [-0.2, -0.15) is 0 Å². The molecule has 0 fully saturated rings. The Kier molecular flexibility index (Phi) is 5.45. The monoisotopic (exact) mass is 289 g/mol. The first-order valence-electron chi connectivity index (χ1n) is 6.88. The summed E-state index contributed by atoms with van der Waals surface area (Å²) in [5.74, 6) is 0.862. The Hall–Kier alpha value is -1.51. The summed E-state index contributed by atoms with van der Waals surface area (Å²) in [7, 11) is 1.68. The Morgan fingerprint density at radius 2 is 1.95 bits per heavy atom. The van der Waals surface area contributed by atoms with E-state index < -0.39 is 0 Å². The van der Waals surface area contributed by atoms with Crippen molar-refractivity contribution in [1.82, 2.24) is 5.32 Å². The first-order valence-corrected chi connectivity index (χ1v) is 7.26. The van der Waals surface area contributed by atoms with Crippen LogP contribution in [0.2, 0.25) is 5.02 Å². The van der Waals surface area contributed by atoms with Crippen LogP contribution in [0.1, 0.15) is 18.9 Å². The zero-order valence-electron chi connectivity index (χ0n) is 11.9. The van der Waals surface area contributed by atoms with E-state index >= 15 is 0 Å². The first kappa shape index (κ1) is 14.9. The molecule has 0 heterocycles. The van der Waals surface area contributed by atoms with Gasteiger partial charge in [0.25, 0.3) is 0 Å². The lowest BCUT2D eigenvalue weighted by Crippen LogP contribution is -2.13. The Morgan fingerprint density at radius 1 is 1.15 bits per heavy atom. The zero-order chi connectivity index (χ0) is 14.4. The molecule has 0 saturated carbocycles. The van der Waals surface area contributed by atoms with Crippen LogP contribution in [-0.2, 0) is 6.54 Å². The third kappa shape index (κ3) is 3.53. The van der Waals surface area contributed by atoms with E-state index in [1.165, 1.54) is 0 Å². The van der Waals surface area contributed by atoms with E-state index in [4.69, 9.17) is 16.3 Å². The van der Waals surface area contributed by atoms with Crippen LogP contribution < -0.4 is 10.1 Å². The fourth-order valence-electron chi connectivity index (χ4n) is 2.14. The maximum atomic E-state index is 6.37. The summed E-state index contributed by atoms with van der Waals surface area (Å²) in [5, 5.41) is 4.15. The van der Waals surface area contributed by atoms with Crippen LogP contribution in [0.15, 0.2) is 42.5 Å². The van der Waals surface area contributed by atoms with Crippen molar-refractivity contribution in [1.29, 1.82) is 0 Å². The van der Waals surface area contributed by atoms with Gasteiger partial charge in [-0.05, 0) is 36.2 Å². The first-order chi connectivity index (χ1) is 9.76. The van der Waals surface area contributed by atoms with Crippen LogP contribution in [0.3, 0.4) is 0 Å². The van der Waals surface area contributed by atoms with Crippen LogP contribution >= 0.6 is 11.6 Å². The topological polar surface area (TPSA) is 21.3 Å². The number of halogens is 1. The van der Waals surface area contributed by atoms with Gasteiger partial charge in [-0.15, -0.1) is 0 Å². The number of rotatable bonds is 6. The van der Waals surface area contributed by atoms with Crippen LogP contribution in [0, 0.1) is 0 Å². The van der Waals surface area contributed by atoms with Crippen molar-refractivity contribution in [2.24, 2.45) is 0 Å². The minimum absolute atomic E-state index is 0.789. The van der Waals surface area contributed by atoms with E-state index in [-0.39, 0.29) is 0 Å². The van der Waals surface area contributed by atoms with Crippen molar-refractivity contribution < 1.29 is 4.74 Å². The Bertz CT molecular complexity index is 569. The minimum atomic E-state index is 0.789. The molecule has 0 spiro atoms. The van der Waals surface area contributed by atoms with Crippen LogP contribution in [0.4, 0.5) is 0 Å². The number of nitrogens with one attached hydrogen (secondary N) is 1. The van der Waals surface area contributed by atoms with Crippen molar-refractivity contribution in [2.75, 3.05) is 13.7 Å². The Morgan fingerprint density at radius 3 is 2.65 bits per heavy atom. The molecule has 20 heavy (non-hydrogen) atoms. The van der Waals surface area contributed by atoms with Crippen LogP contribution in [0.25, 0.3) is 11.1 Å². The molecule has 0 aliphatic heterocycles. The second-order valence-electron chi connectivity index (χ2n) is 4.68. The van der Waals surface area contributed by atoms with Gasteiger partial charge in [-0.3, -0.25) is 0 Å². The van der Waals surface area contributed by atoms with Gasteiger partial charge >= 0.3 is 0 Å². The van der Waals surface area contributed by atoms with Gasteiger partial charge < -0.3 is 10.1 Å². The van der Waals surface area contributed by atoms with Gasteiger partial charge in [0.05, 0.1) is 7.11 Å². The lowest BCUT2D eigenvalue weighted by molar-refractivity contribution is 0.416. The molecule has 0 radical (unpaired) electrons. The predicted octanol–water partition coefficient (Wildman–Crippen LogP) is 4.52. The van der Waals surface area contributed by atoms with E-state index in [2.05, 4.69) is 24.4 Å². The number of hydrogen-bond acceptors (Lipinski definition) is 2. The van der Waals surface area contributed by atoms with Crippen molar-refractivity contribution >= 4 is 11.6 Å². The lowest BCUT2D eigenvalue weighted by atomic mass is 10.0. The van der Waals surface area contributed by atoms with Crippen molar-refractivity contribution in [3.05, 3.63) is 53.1 Å². The summed E-state index contributed by atoms with van der Waals surface area (Å²) in [6, 6.07) is 14.1. The number of benzene rings is 2. The molecule has 0 bridgehead atoms. The Labute approximate surface area is 125 Å². The zero-order valence-corrected chi connectivity index (χ0v) is 12.7. The molecule has 0 aliphatic carbocycles. The van der Waals surface area contributed by atoms with E-state index in [1.807, 2.05) is 30.3 Å². The molecule has 0 aliphatic rings. The summed E-state index contributed by atoms with van der Waals surface area (Å²) in [5.41, 5.74) is 3.26. The number of para-hydroxylation sites is 1. The highest BCUT2D eigenvalue weighted by molar-refractivity contribution is 6.31. The maximum Gasteiger partial charge on any atom is 0.126 e. The standard InChI is InChI=1S/C17H20ClNO/c1-3-10-19-12-14-9-8-13(11-16(14)18)15-6-4-5-7-17(15)20-2/h4-9,11,19H,3,10,12H2,1-2H3. The molecule has 0 unspecified atom stereocenters. The van der Waals surface area contributed by atoms with Crippen LogP contribution in [-0.4, -0.2) is 13.7 Å². The second kappa shape index (κ2) is 7.32. The third-order valence-corrected chi connectivity index (χ3v) is 3.57. The van der Waals surface area contributed by atoms with E-state index in [9.17, 15) is 0 Å². The molecule has 0 atom stereocenters. The van der Waals surface area contributed by atoms with Gasteiger partial charge in [0, 0.05) is 17.1 Å². The molecular weight excluding hydrogens is 270 g/mol. The van der Waals surface area contributed by atoms with Gasteiger partial charge in [-0.25, -0.2) is 0 Å². The van der Waals surface area contributed by atoms with Crippen molar-refractivity contribution in [3.8, 4) is 16.9 Å². The minimum Gasteiger partial charge on any atom is -0.496 e. The summed E-state index contributed by atoms with van der Waals surface area (Å²) in [6.07, 6.45) is 1.12. The highest BCUT2D eigenvalue weighted by Gasteiger charge is 2.07. The fourth-order valence-corrected chi connectivity index (χ4v) is 2.39. The summed E-state index contributed by atoms with van der Waals surface area (Å²) < 4.78 is 5.39. The molecule has 2 aromatic rings. The lowest BCUT2D eigenvalue weighted by Gasteiger charge is -2.11. The smallest absolute Gasteiger partial charge is 0.126 e. The molecule has 1 N–H and O–H groups in total. The summed E-state index contributed by atoms with van der Waals surface area (Å²) in [6.45, 7) is 3.96. The van der Waals surface area contributed by atoms with Crippen molar-refractivity contribution in [3.63, 3.8) is 0 Å².